The van der Waals surface area contributed by atoms with Crippen molar-refractivity contribution in [3.8, 4) is 0 Å². The van der Waals surface area contributed by atoms with E-state index in [2.05, 4.69) is 25.9 Å². The number of carbonyl (C=O) groups is 3. The van der Waals surface area contributed by atoms with Crippen molar-refractivity contribution in [2.45, 2.75) is 38.6 Å². The third-order valence-electron chi connectivity index (χ3n) is 4.67. The molecule has 34 heavy (non-hydrogen) atoms. The molecule has 0 aliphatic rings. The number of nitro benzene ring substituents is 1. The Kier molecular flexibility index (Phi) is 12.7. The average molecular weight is 481 g/mol. The van der Waals surface area contributed by atoms with E-state index in [-0.39, 0.29) is 54.1 Å². The first kappa shape index (κ1) is 28.9. The predicted molar refractivity (Wildman–Crippen MR) is 124 cm³/mol. The van der Waals surface area contributed by atoms with E-state index in [0.717, 1.165) is 0 Å². The van der Waals surface area contributed by atoms with Gasteiger partial charge in [-0.2, -0.15) is 0 Å². The molecule has 4 N–H and O–H groups in total. The summed E-state index contributed by atoms with van der Waals surface area (Å²) in [5.74, 6) is -1.59. The number of carboxylic acid groups (broad SMARTS) is 1. The van der Waals surface area contributed by atoms with Gasteiger partial charge in [-0.05, 0) is 31.4 Å². The van der Waals surface area contributed by atoms with Crippen molar-refractivity contribution < 1.29 is 24.4 Å². The first-order valence-electron chi connectivity index (χ1n) is 10.3. The van der Waals surface area contributed by atoms with Crippen molar-refractivity contribution >= 4 is 59.0 Å². The number of carboxylic acids is 1. The minimum absolute atomic E-state index is 0. The van der Waals surface area contributed by atoms with E-state index in [9.17, 15) is 24.5 Å². The van der Waals surface area contributed by atoms with E-state index >= 15 is 0 Å². The summed E-state index contributed by atoms with van der Waals surface area (Å²) in [5, 5.41) is 28.4. The molecular formula is C21H26N6NaO6. The molecular weight excluding hydrogens is 455 g/mol. The summed E-state index contributed by atoms with van der Waals surface area (Å²) < 4.78 is 0. The minimum atomic E-state index is -1.18. The van der Waals surface area contributed by atoms with Crippen LogP contribution in [0.2, 0.25) is 0 Å². The summed E-state index contributed by atoms with van der Waals surface area (Å²) >= 11 is 0. The number of aromatic nitrogens is 2. The molecule has 1 atom stereocenters. The molecule has 0 saturated carbocycles. The summed E-state index contributed by atoms with van der Waals surface area (Å²) in [6, 6.07) is 5.01. The van der Waals surface area contributed by atoms with Crippen LogP contribution in [0.1, 0.15) is 42.9 Å². The Morgan fingerprint density at radius 3 is 2.50 bits per heavy atom. The average Bonchev–Trinajstić information content (AvgIpc) is 2.77. The quantitative estimate of drug-likeness (QED) is 0.142. The number of nitro groups is 1. The number of nitrogens with one attached hydrogen (secondary N) is 3. The largest absolute Gasteiger partial charge is 0.481 e. The van der Waals surface area contributed by atoms with Gasteiger partial charge in [0, 0.05) is 66.5 Å². The van der Waals surface area contributed by atoms with Crippen LogP contribution in [-0.2, 0) is 14.4 Å². The minimum Gasteiger partial charge on any atom is -0.481 e. The van der Waals surface area contributed by atoms with Gasteiger partial charge in [-0.25, -0.2) is 9.97 Å². The van der Waals surface area contributed by atoms with Gasteiger partial charge in [-0.1, -0.05) is 12.1 Å². The van der Waals surface area contributed by atoms with Crippen LogP contribution in [0.5, 0.6) is 0 Å². The fourth-order valence-corrected chi connectivity index (χ4v) is 2.98. The van der Waals surface area contributed by atoms with Crippen molar-refractivity contribution in [1.29, 1.82) is 0 Å². The Morgan fingerprint density at radius 2 is 1.85 bits per heavy atom. The molecule has 177 valence electrons. The Hall–Kier alpha value is -3.09. The van der Waals surface area contributed by atoms with Crippen molar-refractivity contribution in [3.05, 3.63) is 57.9 Å². The Morgan fingerprint density at radius 1 is 1.15 bits per heavy atom. The van der Waals surface area contributed by atoms with Gasteiger partial charge < -0.3 is 21.1 Å². The molecule has 0 spiro atoms. The number of hydrogen-bond acceptors (Lipinski definition) is 8. The number of unbranched alkanes of at least 4 members (excludes halogenated alkanes) is 1. The summed E-state index contributed by atoms with van der Waals surface area (Å²) in [4.78, 5) is 54.1. The van der Waals surface area contributed by atoms with Gasteiger partial charge >= 0.3 is 5.97 Å². The number of anilines is 1. The first-order valence-corrected chi connectivity index (χ1v) is 10.3. The number of rotatable bonds is 13. The van der Waals surface area contributed by atoms with Gasteiger partial charge in [0.25, 0.3) is 5.69 Å². The van der Waals surface area contributed by atoms with Crippen molar-refractivity contribution in [1.82, 2.24) is 20.6 Å². The molecule has 1 aromatic heterocycles. The van der Waals surface area contributed by atoms with Crippen LogP contribution >= 0.6 is 0 Å². The number of nitrogens with zero attached hydrogens (tertiary/aromatic N) is 3. The SMILES string of the molecule is Cc1ccc(C(CC(=O)O)NC(=O)CNC(=O)CCCCNc2ncccn2)cc1[N+](=O)[O-].[Na]. The predicted octanol–water partition coefficient (Wildman–Crippen LogP) is 1.34. The van der Waals surface area contributed by atoms with Crippen LogP contribution < -0.4 is 16.0 Å². The normalized spacial score (nSPS) is 11.0. The number of hydrogen-bond donors (Lipinski definition) is 4. The van der Waals surface area contributed by atoms with E-state index in [1.807, 2.05) is 0 Å². The second-order valence-corrected chi connectivity index (χ2v) is 7.25. The van der Waals surface area contributed by atoms with Crippen LogP contribution in [0.4, 0.5) is 11.6 Å². The van der Waals surface area contributed by atoms with Crippen molar-refractivity contribution in [2.75, 3.05) is 18.4 Å². The van der Waals surface area contributed by atoms with E-state index < -0.39 is 29.3 Å². The molecule has 0 fully saturated rings. The third-order valence-corrected chi connectivity index (χ3v) is 4.67. The molecule has 0 saturated heterocycles. The number of benzene rings is 1. The van der Waals surface area contributed by atoms with E-state index in [4.69, 9.17) is 5.11 Å². The van der Waals surface area contributed by atoms with Crippen LogP contribution in [0.15, 0.2) is 36.7 Å². The van der Waals surface area contributed by atoms with Gasteiger partial charge in [-0.15, -0.1) is 0 Å². The summed E-state index contributed by atoms with van der Waals surface area (Å²) in [6.45, 7) is 1.82. The molecule has 1 heterocycles. The second-order valence-electron chi connectivity index (χ2n) is 7.25. The molecule has 1 unspecified atom stereocenters. The summed E-state index contributed by atoms with van der Waals surface area (Å²) in [7, 11) is 0. The fraction of sp³-hybridized carbons (Fsp3) is 0.381. The summed E-state index contributed by atoms with van der Waals surface area (Å²) in [5.41, 5.74) is 0.547. The van der Waals surface area contributed by atoms with E-state index in [1.165, 1.54) is 18.2 Å². The Bertz CT molecular complexity index is 991. The molecule has 13 heteroatoms. The van der Waals surface area contributed by atoms with Gasteiger partial charge in [0.15, 0.2) is 0 Å². The molecule has 2 aromatic rings. The maximum absolute atomic E-state index is 12.3. The number of carbonyl (C=O) groups excluding carboxylic acids is 2. The zero-order chi connectivity index (χ0) is 24.2. The Labute approximate surface area is 218 Å². The standard InChI is InChI=1S/C21H26N6O6.Na/c1-14-6-7-15(11-17(14)27(32)33)16(12-20(30)31)26-19(29)13-25-18(28)5-2-3-8-22-21-23-9-4-10-24-21;/h4,6-7,9-11,16H,2-3,5,8,12-13H2,1H3,(H,25,28)(H,26,29)(H,30,31)(H,22,23,24);. The Balaban J connectivity index is 0.00000578. The van der Waals surface area contributed by atoms with Crippen LogP contribution in [0.25, 0.3) is 0 Å². The maximum Gasteiger partial charge on any atom is 0.305 e. The molecule has 0 aliphatic carbocycles. The number of aryl methyl sites for hydroxylation is 1. The van der Waals surface area contributed by atoms with Crippen LogP contribution in [0.3, 0.4) is 0 Å². The fourth-order valence-electron chi connectivity index (χ4n) is 2.98. The smallest absolute Gasteiger partial charge is 0.305 e. The van der Waals surface area contributed by atoms with Crippen molar-refractivity contribution in [2.24, 2.45) is 0 Å². The zero-order valence-electron chi connectivity index (χ0n) is 19.1. The summed E-state index contributed by atoms with van der Waals surface area (Å²) in [6.07, 6.45) is 4.28. The molecule has 2 rings (SSSR count). The molecule has 12 nitrogen and oxygen atoms in total. The van der Waals surface area contributed by atoms with Gasteiger partial charge in [0.2, 0.25) is 17.8 Å². The van der Waals surface area contributed by atoms with E-state index in [0.29, 0.717) is 36.5 Å². The third kappa shape index (κ3) is 10.2. The number of aliphatic carboxylic acids is 1. The first-order chi connectivity index (χ1) is 15.8. The van der Waals surface area contributed by atoms with Gasteiger partial charge in [-0.3, -0.25) is 24.5 Å². The molecule has 1 aromatic carbocycles. The molecule has 0 aliphatic heterocycles. The zero-order valence-corrected chi connectivity index (χ0v) is 21.1. The maximum atomic E-state index is 12.3. The van der Waals surface area contributed by atoms with E-state index in [1.54, 1.807) is 25.4 Å². The molecule has 1 radical (unpaired) electrons. The molecule has 0 bridgehead atoms. The topological polar surface area (TPSA) is 176 Å². The van der Waals surface area contributed by atoms with Crippen LogP contribution in [-0.4, -0.2) is 80.4 Å². The molecule has 2 amide bonds. The van der Waals surface area contributed by atoms with Crippen molar-refractivity contribution in [3.63, 3.8) is 0 Å². The van der Waals surface area contributed by atoms with Crippen LogP contribution in [0, 0.1) is 17.0 Å². The van der Waals surface area contributed by atoms with Gasteiger partial charge in [0.05, 0.1) is 23.9 Å². The van der Waals surface area contributed by atoms with Gasteiger partial charge in [0.1, 0.15) is 0 Å². The monoisotopic (exact) mass is 481 g/mol. The second kappa shape index (κ2) is 14.9. The number of amides is 2.